The summed E-state index contributed by atoms with van der Waals surface area (Å²) in [5.41, 5.74) is 0. The molecule has 46 valence electrons. The van der Waals surface area contributed by atoms with Gasteiger partial charge in [-0.25, -0.2) is 4.57 Å². The van der Waals surface area contributed by atoms with Crippen LogP contribution in [-0.4, -0.2) is 52.4 Å². The molecule has 0 aliphatic carbocycles. The molecular weight excluding hydrogens is 198 g/mol. The molecule has 0 aliphatic rings. The van der Waals surface area contributed by atoms with Gasteiger partial charge in [-0.05, 0) is 0 Å². The van der Waals surface area contributed by atoms with Crippen molar-refractivity contribution in [3.63, 3.8) is 0 Å². The predicted octanol–water partition coefficient (Wildman–Crippen LogP) is -3.97. The zero-order valence-corrected chi connectivity index (χ0v) is 8.46. The minimum atomic E-state index is -4.64. The first-order valence-electron chi connectivity index (χ1n) is 0.783. The minimum Gasteiger partial charge on any atom is -1.00 e. The molecule has 0 saturated heterocycles. The van der Waals surface area contributed by atoms with Crippen molar-refractivity contribution in [2.45, 2.75) is 0 Å². The molecule has 8 heteroatoms. The fraction of sp³-hybridized carbons (Fsp3) is 0. The quantitative estimate of drug-likeness (QED) is 0.278. The zero-order chi connectivity index (χ0) is 4.50. The molecule has 0 unspecified atom stereocenters. The van der Waals surface area contributed by atoms with Gasteiger partial charge in [0.25, 0.3) is 0 Å². The maximum absolute atomic E-state index is 8.88. The molecule has 0 heterocycles. The largest absolute Gasteiger partial charge is 2.00 e. The summed E-state index contributed by atoms with van der Waals surface area (Å²) in [6.07, 6.45) is 0. The van der Waals surface area contributed by atoms with Gasteiger partial charge in [0.1, 0.15) is 0 Å². The average molecular weight is 204 g/mol. The van der Waals surface area contributed by atoms with E-state index in [1.807, 2.05) is 0 Å². The summed E-state index contributed by atoms with van der Waals surface area (Å²) >= 11 is 0. The summed E-state index contributed by atoms with van der Waals surface area (Å²) in [5, 5.41) is 0. The van der Waals surface area contributed by atoms with Crippen molar-refractivity contribution in [3.05, 3.63) is 0 Å². The molecule has 0 aromatic heterocycles. The van der Waals surface area contributed by atoms with Crippen LogP contribution in [0.3, 0.4) is 0 Å². The molecule has 0 spiro atoms. The van der Waals surface area contributed by atoms with E-state index >= 15 is 0 Å². The van der Waals surface area contributed by atoms with Gasteiger partial charge in [0.2, 0.25) is 0 Å². The first-order valence-corrected chi connectivity index (χ1v) is 2.35. The van der Waals surface area contributed by atoms with E-state index in [-0.39, 0.29) is 77.9 Å². The van der Waals surface area contributed by atoms with Crippen molar-refractivity contribution in [1.29, 1.82) is 0 Å². The van der Waals surface area contributed by atoms with Crippen LogP contribution in [0.1, 0.15) is 4.28 Å². The molecule has 0 aromatic carbocycles. The van der Waals surface area contributed by atoms with Crippen LogP contribution in [0.25, 0.3) is 0 Å². The first kappa shape index (κ1) is 22.4. The van der Waals surface area contributed by atoms with Crippen LogP contribution in [0.4, 0.5) is 0 Å². The Balaban J connectivity index is -0.00000000533. The van der Waals surface area contributed by atoms with Crippen LogP contribution in [-0.2, 0) is 21.6 Å². The van der Waals surface area contributed by atoms with E-state index in [0.717, 1.165) is 0 Å². The Kier molecular flexibility index (Phi) is 26.6. The van der Waals surface area contributed by atoms with Crippen molar-refractivity contribution in [2.24, 2.45) is 0 Å². The SMILES string of the molecule is O=P(O)(O)O.[Ca+2].[Fe].[H-].[H-].[H-].[Li+]. The van der Waals surface area contributed by atoms with E-state index in [9.17, 15) is 0 Å². The third-order valence-corrected chi connectivity index (χ3v) is 0. The Hall–Kier alpha value is 2.49. The van der Waals surface area contributed by atoms with E-state index in [1.165, 1.54) is 0 Å². The van der Waals surface area contributed by atoms with Gasteiger partial charge in [0, 0.05) is 17.1 Å². The molecule has 0 fully saturated rings. The van der Waals surface area contributed by atoms with Gasteiger partial charge in [-0.2, -0.15) is 0 Å². The molecule has 0 rings (SSSR count). The monoisotopic (exact) mass is 204 g/mol. The molecule has 3 N–H and O–H groups in total. The molecule has 0 radical (unpaired) electrons. The molecule has 0 atom stereocenters. The number of hydrogen-bond donors (Lipinski definition) is 3. The fourth-order valence-corrected chi connectivity index (χ4v) is 0. The molecule has 0 aromatic rings. The third-order valence-electron chi connectivity index (χ3n) is 0. The molecule has 0 bridgehead atoms. The Bertz CT molecular complexity index is 71.5. The topological polar surface area (TPSA) is 77.8 Å². The number of phosphoric acid groups is 1. The maximum Gasteiger partial charge on any atom is 2.00 e. The van der Waals surface area contributed by atoms with Crippen LogP contribution < -0.4 is 18.9 Å². The zero-order valence-electron chi connectivity index (χ0n) is 7.26. The van der Waals surface area contributed by atoms with Crippen LogP contribution in [0.15, 0.2) is 0 Å². The van der Waals surface area contributed by atoms with E-state index in [4.69, 9.17) is 19.2 Å². The standard InChI is InChI=1S/Ca.Fe.Li.H3O4P.3H/c;;;1-5(2,3)4;;;/h;;;(H3,1,2,3,4);;;/q+2;;+1;;3*-1. The Morgan fingerprint density at radius 3 is 1.25 bits per heavy atom. The van der Waals surface area contributed by atoms with Crippen molar-refractivity contribution in [2.75, 3.05) is 0 Å². The number of rotatable bonds is 0. The van der Waals surface area contributed by atoms with Crippen LogP contribution in [0.5, 0.6) is 0 Å². The van der Waals surface area contributed by atoms with Crippen molar-refractivity contribution in [3.8, 4) is 0 Å². The van der Waals surface area contributed by atoms with Crippen LogP contribution in [0.2, 0.25) is 0 Å². The molecule has 0 saturated carbocycles. The molecule has 0 amide bonds. The molecular formula is H6CaFeLiO4P. The van der Waals surface area contributed by atoms with Crippen molar-refractivity contribution in [1.82, 2.24) is 0 Å². The molecule has 4 nitrogen and oxygen atoms in total. The average Bonchev–Trinajstić information content (AvgIpc) is 0.722. The number of hydrogen-bond acceptors (Lipinski definition) is 1. The predicted molar refractivity (Wildman–Crippen MR) is 23.4 cm³/mol. The summed E-state index contributed by atoms with van der Waals surface area (Å²) in [5.74, 6) is 0. The van der Waals surface area contributed by atoms with Gasteiger partial charge >= 0.3 is 64.4 Å². The van der Waals surface area contributed by atoms with E-state index in [1.54, 1.807) is 0 Å². The fourth-order valence-electron chi connectivity index (χ4n) is 0. The van der Waals surface area contributed by atoms with Gasteiger partial charge < -0.3 is 19.0 Å². The maximum atomic E-state index is 8.88. The van der Waals surface area contributed by atoms with E-state index < -0.39 is 7.82 Å². The summed E-state index contributed by atoms with van der Waals surface area (Å²) in [7, 11) is -4.64. The normalized spacial score (nSPS) is 7.38. The third kappa shape index (κ3) is 76.9. The minimum absolute atomic E-state index is 0. The van der Waals surface area contributed by atoms with Crippen molar-refractivity contribution < 1.29 is 59.5 Å². The second-order valence-electron chi connectivity index (χ2n) is 0.513. The van der Waals surface area contributed by atoms with Gasteiger partial charge in [0.15, 0.2) is 0 Å². The Labute approximate surface area is 104 Å². The summed E-state index contributed by atoms with van der Waals surface area (Å²) in [6.45, 7) is 0. The van der Waals surface area contributed by atoms with E-state index in [0.29, 0.717) is 0 Å². The van der Waals surface area contributed by atoms with Gasteiger partial charge in [-0.3, -0.25) is 0 Å². The Morgan fingerprint density at radius 2 is 1.25 bits per heavy atom. The van der Waals surface area contributed by atoms with Gasteiger partial charge in [-0.15, -0.1) is 0 Å². The summed E-state index contributed by atoms with van der Waals surface area (Å²) in [6, 6.07) is 0. The van der Waals surface area contributed by atoms with E-state index in [2.05, 4.69) is 0 Å². The smallest absolute Gasteiger partial charge is 1.00 e. The van der Waals surface area contributed by atoms with Crippen molar-refractivity contribution >= 4 is 45.6 Å². The molecule has 0 aliphatic heterocycles. The Morgan fingerprint density at radius 1 is 1.25 bits per heavy atom. The molecule has 8 heavy (non-hydrogen) atoms. The van der Waals surface area contributed by atoms with Gasteiger partial charge in [0.05, 0.1) is 0 Å². The summed E-state index contributed by atoms with van der Waals surface area (Å²) in [4.78, 5) is 21.6. The first-order chi connectivity index (χ1) is 2.00. The second-order valence-corrected chi connectivity index (χ2v) is 1.54. The van der Waals surface area contributed by atoms with Crippen LogP contribution >= 0.6 is 7.82 Å². The van der Waals surface area contributed by atoms with Crippen LogP contribution in [0, 0.1) is 0 Å². The van der Waals surface area contributed by atoms with Gasteiger partial charge in [-0.1, -0.05) is 0 Å². The summed E-state index contributed by atoms with van der Waals surface area (Å²) < 4.78 is 8.88. The second kappa shape index (κ2) is 9.49.